The molecule has 1 amide bonds. The summed E-state index contributed by atoms with van der Waals surface area (Å²) in [4.78, 5) is 41.9. The number of likely N-dealkylation sites (tertiary alicyclic amines) is 1. The summed E-state index contributed by atoms with van der Waals surface area (Å²) in [6.45, 7) is 4.64. The molecule has 0 bridgehead atoms. The standard InChI is InChI=1S/C25H26N2O3/c1-16-12-23-21(22(15-26-23)24(29)17(2)28)14-20(16)25(30)27-10-8-19(9-11-27)13-18-6-4-3-5-7-18/h3-7,12,14-15,19,26H,8-11,13H2,1-2H3. The quantitative estimate of drug-likeness (QED) is 0.510. The maximum absolute atomic E-state index is 13.2. The third-order valence-corrected chi connectivity index (χ3v) is 6.09. The van der Waals surface area contributed by atoms with Crippen molar-refractivity contribution in [2.45, 2.75) is 33.1 Å². The van der Waals surface area contributed by atoms with E-state index in [9.17, 15) is 14.4 Å². The lowest BCUT2D eigenvalue weighted by atomic mass is 9.89. The number of piperidine rings is 1. The molecule has 0 aliphatic carbocycles. The highest BCUT2D eigenvalue weighted by Crippen LogP contribution is 2.27. The largest absolute Gasteiger partial charge is 0.360 e. The fraction of sp³-hybridized carbons (Fsp3) is 0.320. The monoisotopic (exact) mass is 402 g/mol. The fourth-order valence-corrected chi connectivity index (χ4v) is 4.34. The molecule has 2 heterocycles. The first-order chi connectivity index (χ1) is 14.4. The van der Waals surface area contributed by atoms with Gasteiger partial charge in [0.15, 0.2) is 5.78 Å². The number of carbonyl (C=O) groups excluding carboxylic acids is 3. The molecule has 154 valence electrons. The van der Waals surface area contributed by atoms with Gasteiger partial charge in [0.1, 0.15) is 0 Å². The van der Waals surface area contributed by atoms with Crippen LogP contribution in [-0.4, -0.2) is 40.4 Å². The number of H-pyrrole nitrogens is 1. The summed E-state index contributed by atoms with van der Waals surface area (Å²) in [5.41, 5.74) is 3.89. The first kappa shape index (κ1) is 20.1. The fourth-order valence-electron chi connectivity index (χ4n) is 4.34. The van der Waals surface area contributed by atoms with E-state index in [1.807, 2.05) is 24.0 Å². The molecule has 0 unspecified atom stereocenters. The molecule has 4 rings (SSSR count). The van der Waals surface area contributed by atoms with Crippen LogP contribution in [0.5, 0.6) is 0 Å². The Morgan fingerprint density at radius 1 is 1.03 bits per heavy atom. The molecule has 1 aliphatic heterocycles. The molecular formula is C25H26N2O3. The average Bonchev–Trinajstić information content (AvgIpc) is 3.15. The topological polar surface area (TPSA) is 70.2 Å². The van der Waals surface area contributed by atoms with Crippen LogP contribution in [0.1, 0.15) is 51.6 Å². The lowest BCUT2D eigenvalue weighted by Crippen LogP contribution is -2.39. The molecule has 30 heavy (non-hydrogen) atoms. The number of nitrogens with zero attached hydrogens (tertiary/aromatic N) is 1. The Hall–Kier alpha value is -3.21. The molecule has 0 atom stereocenters. The van der Waals surface area contributed by atoms with Crippen LogP contribution in [0.2, 0.25) is 0 Å². The zero-order valence-corrected chi connectivity index (χ0v) is 17.4. The van der Waals surface area contributed by atoms with Crippen molar-refractivity contribution in [3.63, 3.8) is 0 Å². The molecule has 0 radical (unpaired) electrons. The smallest absolute Gasteiger partial charge is 0.254 e. The van der Waals surface area contributed by atoms with Crippen LogP contribution >= 0.6 is 0 Å². The van der Waals surface area contributed by atoms with E-state index >= 15 is 0 Å². The first-order valence-corrected chi connectivity index (χ1v) is 10.4. The number of benzene rings is 2. The molecule has 1 fully saturated rings. The SMILES string of the molecule is CC(=O)C(=O)c1c[nH]c2cc(C)c(C(=O)N3CCC(Cc4ccccc4)CC3)cc12. The van der Waals surface area contributed by atoms with Crippen molar-refractivity contribution in [1.82, 2.24) is 9.88 Å². The van der Waals surface area contributed by atoms with Gasteiger partial charge in [-0.3, -0.25) is 14.4 Å². The molecule has 5 heteroatoms. The second-order valence-corrected chi connectivity index (χ2v) is 8.23. The number of rotatable bonds is 5. The van der Waals surface area contributed by atoms with Gasteiger partial charge < -0.3 is 9.88 Å². The predicted octanol–water partition coefficient (Wildman–Crippen LogP) is 4.34. The summed E-state index contributed by atoms with van der Waals surface area (Å²) >= 11 is 0. The number of ketones is 2. The van der Waals surface area contributed by atoms with E-state index in [1.54, 1.807) is 12.3 Å². The van der Waals surface area contributed by atoms with Crippen molar-refractivity contribution < 1.29 is 14.4 Å². The zero-order chi connectivity index (χ0) is 21.3. The van der Waals surface area contributed by atoms with Crippen molar-refractivity contribution in [3.8, 4) is 0 Å². The second-order valence-electron chi connectivity index (χ2n) is 8.23. The Bertz CT molecular complexity index is 1110. The van der Waals surface area contributed by atoms with E-state index < -0.39 is 11.6 Å². The number of carbonyl (C=O) groups is 3. The number of fused-ring (bicyclic) bond motifs is 1. The van der Waals surface area contributed by atoms with Gasteiger partial charge in [0.05, 0.1) is 5.56 Å². The Labute approximate surface area is 176 Å². The van der Waals surface area contributed by atoms with Crippen LogP contribution in [0.3, 0.4) is 0 Å². The van der Waals surface area contributed by atoms with Crippen molar-refractivity contribution >= 4 is 28.4 Å². The van der Waals surface area contributed by atoms with Crippen LogP contribution < -0.4 is 0 Å². The highest BCUT2D eigenvalue weighted by Gasteiger charge is 2.26. The average molecular weight is 402 g/mol. The second kappa shape index (κ2) is 8.27. The number of hydrogen-bond donors (Lipinski definition) is 1. The van der Waals surface area contributed by atoms with Crippen LogP contribution in [0.15, 0.2) is 48.7 Å². The highest BCUT2D eigenvalue weighted by atomic mass is 16.2. The van der Waals surface area contributed by atoms with Gasteiger partial charge in [0, 0.05) is 42.7 Å². The number of aromatic amines is 1. The summed E-state index contributed by atoms with van der Waals surface area (Å²) in [7, 11) is 0. The van der Waals surface area contributed by atoms with E-state index in [1.165, 1.54) is 12.5 Å². The molecule has 0 saturated carbocycles. The number of Topliss-reactive ketones (excluding diaryl/α,β-unsaturated/α-hetero) is 2. The molecule has 1 saturated heterocycles. The van der Waals surface area contributed by atoms with E-state index in [-0.39, 0.29) is 5.91 Å². The van der Waals surface area contributed by atoms with Crippen LogP contribution in [-0.2, 0) is 11.2 Å². The Morgan fingerprint density at radius 2 is 1.73 bits per heavy atom. The zero-order valence-electron chi connectivity index (χ0n) is 17.4. The Kier molecular flexibility index (Phi) is 5.53. The maximum Gasteiger partial charge on any atom is 0.254 e. The van der Waals surface area contributed by atoms with Gasteiger partial charge in [-0.25, -0.2) is 0 Å². The van der Waals surface area contributed by atoms with Crippen molar-refractivity contribution in [2.75, 3.05) is 13.1 Å². The van der Waals surface area contributed by atoms with Gasteiger partial charge in [0.2, 0.25) is 5.78 Å². The van der Waals surface area contributed by atoms with Gasteiger partial charge in [-0.05, 0) is 55.4 Å². The summed E-state index contributed by atoms with van der Waals surface area (Å²) in [5.74, 6) is -0.463. The highest BCUT2D eigenvalue weighted by molar-refractivity contribution is 6.45. The lowest BCUT2D eigenvalue weighted by Gasteiger charge is -2.32. The normalized spacial score (nSPS) is 14.8. The van der Waals surface area contributed by atoms with Crippen molar-refractivity contribution in [3.05, 3.63) is 70.9 Å². The van der Waals surface area contributed by atoms with Crippen LogP contribution in [0.4, 0.5) is 0 Å². The first-order valence-electron chi connectivity index (χ1n) is 10.4. The minimum absolute atomic E-state index is 0.00464. The van der Waals surface area contributed by atoms with E-state index in [2.05, 4.69) is 29.2 Å². The minimum atomic E-state index is -0.537. The van der Waals surface area contributed by atoms with Crippen LogP contribution in [0.25, 0.3) is 10.9 Å². The van der Waals surface area contributed by atoms with Gasteiger partial charge in [0.25, 0.3) is 5.91 Å². The number of aryl methyl sites for hydroxylation is 1. The molecule has 0 spiro atoms. The van der Waals surface area contributed by atoms with E-state index in [0.717, 1.165) is 43.4 Å². The lowest BCUT2D eigenvalue weighted by molar-refractivity contribution is -0.113. The predicted molar refractivity (Wildman–Crippen MR) is 117 cm³/mol. The summed E-state index contributed by atoms with van der Waals surface area (Å²) in [5, 5.41) is 0.628. The van der Waals surface area contributed by atoms with E-state index in [0.29, 0.717) is 22.4 Å². The minimum Gasteiger partial charge on any atom is -0.360 e. The number of nitrogens with one attached hydrogen (secondary N) is 1. The molecule has 1 N–H and O–H groups in total. The van der Waals surface area contributed by atoms with Crippen LogP contribution in [0, 0.1) is 12.8 Å². The van der Waals surface area contributed by atoms with E-state index in [4.69, 9.17) is 0 Å². The maximum atomic E-state index is 13.2. The third-order valence-electron chi connectivity index (χ3n) is 6.09. The number of hydrogen-bond acceptors (Lipinski definition) is 3. The Balaban J connectivity index is 1.51. The summed E-state index contributed by atoms with van der Waals surface area (Å²) in [6.07, 6.45) is 4.57. The molecule has 1 aliphatic rings. The van der Waals surface area contributed by atoms with Gasteiger partial charge >= 0.3 is 0 Å². The third kappa shape index (κ3) is 3.92. The number of aromatic nitrogens is 1. The summed E-state index contributed by atoms with van der Waals surface area (Å²) < 4.78 is 0. The van der Waals surface area contributed by atoms with Gasteiger partial charge in [-0.1, -0.05) is 30.3 Å². The molecule has 5 nitrogen and oxygen atoms in total. The Morgan fingerprint density at radius 3 is 2.40 bits per heavy atom. The van der Waals surface area contributed by atoms with Crippen molar-refractivity contribution in [1.29, 1.82) is 0 Å². The van der Waals surface area contributed by atoms with Gasteiger partial charge in [-0.2, -0.15) is 0 Å². The molecule has 3 aromatic rings. The summed E-state index contributed by atoms with van der Waals surface area (Å²) in [6, 6.07) is 14.1. The molecule has 1 aromatic heterocycles. The molecule has 2 aromatic carbocycles. The number of amides is 1. The van der Waals surface area contributed by atoms with Gasteiger partial charge in [-0.15, -0.1) is 0 Å². The van der Waals surface area contributed by atoms with Crippen molar-refractivity contribution in [2.24, 2.45) is 5.92 Å². The molecular weight excluding hydrogens is 376 g/mol.